The highest BCUT2D eigenvalue weighted by Gasteiger charge is 2.21. The minimum Gasteiger partial charge on any atom is -0.456 e. The molecule has 0 saturated heterocycles. The summed E-state index contributed by atoms with van der Waals surface area (Å²) in [5, 5.41) is 6.56. The van der Waals surface area contributed by atoms with Gasteiger partial charge in [-0.05, 0) is 64.7 Å². The van der Waals surface area contributed by atoms with Gasteiger partial charge >= 0.3 is 0 Å². The number of rotatable bonds is 5. The van der Waals surface area contributed by atoms with Gasteiger partial charge in [-0.15, -0.1) is 11.3 Å². The van der Waals surface area contributed by atoms with Gasteiger partial charge in [0.05, 0.1) is 5.56 Å². The largest absolute Gasteiger partial charge is 0.456 e. The van der Waals surface area contributed by atoms with Crippen molar-refractivity contribution < 1.29 is 8.83 Å². The summed E-state index contributed by atoms with van der Waals surface area (Å²) >= 11 is 1.84. The Labute approximate surface area is 330 Å². The molecule has 12 aromatic rings. The molecule has 57 heavy (non-hydrogen) atoms. The molecule has 266 valence electrons. The molecule has 0 radical (unpaired) electrons. The molecule has 4 heterocycles. The molecule has 0 amide bonds. The normalized spacial score (nSPS) is 11.9. The molecule has 0 N–H and O–H groups in total. The number of hydrogen-bond donors (Lipinski definition) is 0. The van der Waals surface area contributed by atoms with Gasteiger partial charge in [0.25, 0.3) is 0 Å². The zero-order chi connectivity index (χ0) is 37.5. The summed E-state index contributed by atoms with van der Waals surface area (Å²) in [6.45, 7) is 0. The van der Waals surface area contributed by atoms with Crippen molar-refractivity contribution in [1.29, 1.82) is 0 Å². The minimum absolute atomic E-state index is 0.542. The third-order valence-electron chi connectivity index (χ3n) is 11.0. The Hall–Kier alpha value is -7.41. The zero-order valence-corrected chi connectivity index (χ0v) is 31.1. The average Bonchev–Trinajstić information content (AvgIpc) is 3.97. The van der Waals surface area contributed by atoms with Crippen LogP contribution in [0.2, 0.25) is 0 Å². The first-order valence-corrected chi connectivity index (χ1v) is 19.7. The van der Waals surface area contributed by atoms with Crippen LogP contribution in [0.1, 0.15) is 0 Å². The maximum Gasteiger partial charge on any atom is 0.167 e. The number of nitrogens with zero attached hydrogens (tertiary/aromatic N) is 3. The second kappa shape index (κ2) is 12.6. The van der Waals surface area contributed by atoms with Crippen molar-refractivity contribution in [2.45, 2.75) is 0 Å². The predicted molar refractivity (Wildman–Crippen MR) is 234 cm³/mol. The number of thiophene rings is 1. The Morgan fingerprint density at radius 3 is 1.86 bits per heavy atom. The zero-order valence-electron chi connectivity index (χ0n) is 30.3. The first-order chi connectivity index (χ1) is 28.2. The lowest BCUT2D eigenvalue weighted by Gasteiger charge is -2.10. The number of fused-ring (bicyclic) bond motifs is 9. The van der Waals surface area contributed by atoms with Gasteiger partial charge < -0.3 is 8.83 Å². The fourth-order valence-corrected chi connectivity index (χ4v) is 9.49. The van der Waals surface area contributed by atoms with Crippen LogP contribution in [-0.2, 0) is 0 Å². The van der Waals surface area contributed by atoms with Crippen molar-refractivity contribution in [3.63, 3.8) is 0 Å². The molecule has 0 saturated carbocycles. The van der Waals surface area contributed by atoms with Crippen molar-refractivity contribution in [2.75, 3.05) is 0 Å². The van der Waals surface area contributed by atoms with Gasteiger partial charge in [-0.25, -0.2) is 15.0 Å². The predicted octanol–water partition coefficient (Wildman–Crippen LogP) is 14.4. The van der Waals surface area contributed by atoms with Crippen LogP contribution in [0.5, 0.6) is 0 Å². The van der Waals surface area contributed by atoms with Crippen molar-refractivity contribution in [1.82, 2.24) is 15.0 Å². The maximum absolute atomic E-state index is 6.54. The van der Waals surface area contributed by atoms with Crippen LogP contribution in [0, 0.1) is 0 Å². The minimum atomic E-state index is 0.542. The molecule has 0 aliphatic rings. The molecule has 4 aromatic heterocycles. The van der Waals surface area contributed by atoms with E-state index in [1.54, 1.807) is 0 Å². The highest BCUT2D eigenvalue weighted by molar-refractivity contribution is 7.26. The lowest BCUT2D eigenvalue weighted by atomic mass is 9.96. The Morgan fingerprint density at radius 1 is 0.333 bits per heavy atom. The molecular formula is C51H29N3O2S. The average molecular weight is 748 g/mol. The van der Waals surface area contributed by atoms with Crippen LogP contribution in [0.25, 0.3) is 120 Å². The summed E-state index contributed by atoms with van der Waals surface area (Å²) in [6, 6.07) is 61.0. The topological polar surface area (TPSA) is 65.0 Å². The third-order valence-corrected chi connectivity index (χ3v) is 12.1. The Kier molecular flexibility index (Phi) is 7.03. The Balaban J connectivity index is 1.06. The number of aromatic nitrogens is 3. The van der Waals surface area contributed by atoms with E-state index in [0.29, 0.717) is 17.5 Å². The molecule has 0 fully saturated rings. The van der Waals surface area contributed by atoms with Crippen molar-refractivity contribution in [3.05, 3.63) is 176 Å². The fraction of sp³-hybridized carbons (Fsp3) is 0. The number of benzene rings is 8. The molecule has 0 spiro atoms. The number of para-hydroxylation sites is 2. The van der Waals surface area contributed by atoms with E-state index < -0.39 is 0 Å². The summed E-state index contributed by atoms with van der Waals surface area (Å²) in [7, 11) is 0. The molecule has 0 unspecified atom stereocenters. The van der Waals surface area contributed by atoms with E-state index in [-0.39, 0.29) is 0 Å². The molecule has 5 nitrogen and oxygen atoms in total. The SMILES string of the molecule is c1ccc(-c2ccc3c(c2)sc2cccc(-c4ccc5oc6cccc(-c7nc(-c8ccccc8)nc(-c8cccc9c8oc8ccccc89)n7)c6c5c4)c23)cc1. The van der Waals surface area contributed by atoms with Crippen LogP contribution in [0.3, 0.4) is 0 Å². The van der Waals surface area contributed by atoms with Crippen LogP contribution in [0.4, 0.5) is 0 Å². The smallest absolute Gasteiger partial charge is 0.167 e. The molecule has 0 atom stereocenters. The van der Waals surface area contributed by atoms with Gasteiger partial charge in [0, 0.05) is 52.8 Å². The molecule has 0 aliphatic carbocycles. The third kappa shape index (κ3) is 5.12. The maximum atomic E-state index is 6.54. The molecular weight excluding hydrogens is 719 g/mol. The summed E-state index contributed by atoms with van der Waals surface area (Å²) < 4.78 is 15.5. The number of hydrogen-bond acceptors (Lipinski definition) is 6. The van der Waals surface area contributed by atoms with Gasteiger partial charge in [0.2, 0.25) is 0 Å². The van der Waals surface area contributed by atoms with Crippen LogP contribution < -0.4 is 0 Å². The van der Waals surface area contributed by atoms with Crippen LogP contribution in [0.15, 0.2) is 185 Å². The second-order valence-electron chi connectivity index (χ2n) is 14.3. The van der Waals surface area contributed by atoms with Crippen molar-refractivity contribution in [3.8, 4) is 56.4 Å². The van der Waals surface area contributed by atoms with Gasteiger partial charge in [0.1, 0.15) is 22.3 Å². The summed E-state index contributed by atoms with van der Waals surface area (Å²) in [4.78, 5) is 15.4. The summed E-state index contributed by atoms with van der Waals surface area (Å²) in [5.74, 6) is 1.69. The number of furan rings is 2. The van der Waals surface area contributed by atoms with E-state index in [1.165, 1.54) is 36.9 Å². The van der Waals surface area contributed by atoms with E-state index in [0.717, 1.165) is 66.1 Å². The van der Waals surface area contributed by atoms with Gasteiger partial charge in [-0.1, -0.05) is 133 Å². The van der Waals surface area contributed by atoms with Gasteiger partial charge in [0.15, 0.2) is 17.5 Å². The van der Waals surface area contributed by atoms with E-state index in [4.69, 9.17) is 23.8 Å². The molecule has 8 aromatic carbocycles. The van der Waals surface area contributed by atoms with E-state index in [2.05, 4.69) is 103 Å². The molecule has 0 aliphatic heterocycles. The van der Waals surface area contributed by atoms with E-state index >= 15 is 0 Å². The quantitative estimate of drug-likeness (QED) is 0.175. The van der Waals surface area contributed by atoms with Gasteiger partial charge in [-0.3, -0.25) is 0 Å². The second-order valence-corrected chi connectivity index (χ2v) is 15.4. The Bertz CT molecular complexity index is 3530. The van der Waals surface area contributed by atoms with E-state index in [1.807, 2.05) is 84.1 Å². The lowest BCUT2D eigenvalue weighted by molar-refractivity contribution is 0.668. The summed E-state index contributed by atoms with van der Waals surface area (Å²) in [6.07, 6.45) is 0. The first kappa shape index (κ1) is 31.9. The fourth-order valence-electron chi connectivity index (χ4n) is 8.31. The van der Waals surface area contributed by atoms with Crippen LogP contribution >= 0.6 is 11.3 Å². The molecule has 12 rings (SSSR count). The highest BCUT2D eigenvalue weighted by Crippen LogP contribution is 2.44. The monoisotopic (exact) mass is 747 g/mol. The van der Waals surface area contributed by atoms with E-state index in [9.17, 15) is 0 Å². The van der Waals surface area contributed by atoms with Gasteiger partial charge in [-0.2, -0.15) is 0 Å². The molecule has 6 heteroatoms. The highest BCUT2D eigenvalue weighted by atomic mass is 32.1. The Morgan fingerprint density at radius 2 is 0.982 bits per heavy atom. The molecule has 0 bridgehead atoms. The van der Waals surface area contributed by atoms with Crippen molar-refractivity contribution >= 4 is 75.4 Å². The van der Waals surface area contributed by atoms with Crippen molar-refractivity contribution in [2.24, 2.45) is 0 Å². The first-order valence-electron chi connectivity index (χ1n) is 18.9. The lowest BCUT2D eigenvalue weighted by Crippen LogP contribution is -2.00. The van der Waals surface area contributed by atoms with Crippen LogP contribution in [-0.4, -0.2) is 15.0 Å². The standard InChI is InChI=1S/C51H29N3O2S/c1-3-12-30(13-4-1)32-24-26-37-45(29-32)57-44-23-11-17-34(47(37)44)33-25-27-42-40(28-33)46-38(19-10-22-43(46)55-42)50-52-49(31-14-5-2-6-15-31)53-51(54-50)39-20-9-18-36-35-16-7-8-21-41(35)56-48(36)39/h1-29H. The summed E-state index contributed by atoms with van der Waals surface area (Å²) in [5.41, 5.74) is 10.5.